The predicted octanol–water partition coefficient (Wildman–Crippen LogP) is 0.206. The summed E-state index contributed by atoms with van der Waals surface area (Å²) in [6, 6.07) is 5.32. The summed E-state index contributed by atoms with van der Waals surface area (Å²) in [6.07, 6.45) is 1.14. The van der Waals surface area contributed by atoms with E-state index in [4.69, 9.17) is 0 Å². The molecular weight excluding hydrogens is 294 g/mol. The molecule has 2 heterocycles. The highest BCUT2D eigenvalue weighted by Gasteiger charge is 2.23. The quantitative estimate of drug-likeness (QED) is 0.686. The summed E-state index contributed by atoms with van der Waals surface area (Å²) in [4.78, 5) is 27.5. The van der Waals surface area contributed by atoms with Gasteiger partial charge in [-0.2, -0.15) is 0 Å². The van der Waals surface area contributed by atoms with Gasteiger partial charge in [0.2, 0.25) is 0 Å². The second-order valence-electron chi connectivity index (χ2n) is 5.24. The van der Waals surface area contributed by atoms with Crippen molar-refractivity contribution in [3.05, 3.63) is 38.9 Å². The molecule has 7 nitrogen and oxygen atoms in total. The van der Waals surface area contributed by atoms with Gasteiger partial charge in [-0.1, -0.05) is 0 Å². The molecule has 1 fully saturated rings. The van der Waals surface area contributed by atoms with Crippen LogP contribution in [-0.4, -0.2) is 35.9 Å². The molecule has 1 aromatic carbocycles. The third-order valence-corrected chi connectivity index (χ3v) is 5.36. The number of fused-ring (bicyclic) bond motifs is 1. The van der Waals surface area contributed by atoms with Crippen molar-refractivity contribution in [2.24, 2.45) is 0 Å². The van der Waals surface area contributed by atoms with Crippen LogP contribution < -0.4 is 16.4 Å². The van der Waals surface area contributed by atoms with Crippen molar-refractivity contribution in [2.45, 2.75) is 18.9 Å². The molecule has 3 N–H and O–H groups in total. The smallest absolute Gasteiger partial charge is 0.314 e. The predicted molar refractivity (Wildman–Crippen MR) is 80.5 cm³/mol. The van der Waals surface area contributed by atoms with Crippen LogP contribution in [-0.2, 0) is 9.84 Å². The molecule has 21 heavy (non-hydrogen) atoms. The molecule has 3 rings (SSSR count). The summed E-state index contributed by atoms with van der Waals surface area (Å²) in [7, 11) is -2.88. The zero-order chi connectivity index (χ0) is 15.0. The van der Waals surface area contributed by atoms with Crippen LogP contribution in [0.2, 0.25) is 0 Å². The Hall–Kier alpha value is -2.09. The second kappa shape index (κ2) is 5.03. The first-order valence-electron chi connectivity index (χ1n) is 6.66. The van der Waals surface area contributed by atoms with E-state index in [-0.39, 0.29) is 17.5 Å². The Balaban J connectivity index is 1.83. The molecule has 2 aromatic rings. The minimum Gasteiger partial charge on any atom is -0.382 e. The van der Waals surface area contributed by atoms with E-state index >= 15 is 0 Å². The Morgan fingerprint density at radius 1 is 1.00 bits per heavy atom. The van der Waals surface area contributed by atoms with E-state index < -0.39 is 21.0 Å². The lowest BCUT2D eigenvalue weighted by Crippen LogP contribution is -2.32. The maximum atomic E-state index is 11.4. The van der Waals surface area contributed by atoms with E-state index in [0.29, 0.717) is 23.9 Å². The molecule has 112 valence electrons. The Bertz CT molecular complexity index is 884. The van der Waals surface area contributed by atoms with Crippen LogP contribution in [0.4, 0.5) is 5.69 Å². The van der Waals surface area contributed by atoms with E-state index in [1.165, 1.54) is 0 Å². The lowest BCUT2D eigenvalue weighted by atomic mass is 10.1. The summed E-state index contributed by atoms with van der Waals surface area (Å²) in [5.74, 6) is 0.394. The van der Waals surface area contributed by atoms with E-state index in [9.17, 15) is 18.0 Å². The molecular formula is C13H15N3O4S. The summed E-state index contributed by atoms with van der Waals surface area (Å²) in [5, 5.41) is 3.27. The number of H-pyrrole nitrogens is 2. The van der Waals surface area contributed by atoms with Crippen molar-refractivity contribution in [1.82, 2.24) is 9.97 Å². The highest BCUT2D eigenvalue weighted by atomic mass is 32.2. The average Bonchev–Trinajstić information content (AvgIpc) is 2.43. The van der Waals surface area contributed by atoms with Crippen molar-refractivity contribution in [1.29, 1.82) is 0 Å². The van der Waals surface area contributed by atoms with Crippen molar-refractivity contribution in [2.75, 3.05) is 16.8 Å². The maximum Gasteiger partial charge on any atom is 0.314 e. The molecule has 0 radical (unpaired) electrons. The van der Waals surface area contributed by atoms with Gasteiger partial charge in [0.05, 0.1) is 22.5 Å². The van der Waals surface area contributed by atoms with Crippen molar-refractivity contribution in [3.8, 4) is 0 Å². The second-order valence-corrected chi connectivity index (χ2v) is 7.54. The van der Waals surface area contributed by atoms with Crippen LogP contribution in [0.1, 0.15) is 12.8 Å². The fourth-order valence-electron chi connectivity index (χ4n) is 2.47. The highest BCUT2D eigenvalue weighted by Crippen LogP contribution is 2.19. The number of sulfone groups is 1. The van der Waals surface area contributed by atoms with Crippen molar-refractivity contribution >= 4 is 26.6 Å². The standard InChI is InChI=1S/C13H15N3O4S/c17-12-13(18)16-11-7-9(1-2-10(11)15-12)14-8-3-5-21(19,20)6-4-8/h1-2,7-8,14H,3-6H2,(H,15,17)(H,16,18). The van der Waals surface area contributed by atoms with Crippen LogP contribution in [0.15, 0.2) is 27.8 Å². The number of hydrogen-bond donors (Lipinski definition) is 3. The Labute approximate surface area is 120 Å². The molecule has 1 aromatic heterocycles. The minimum absolute atomic E-state index is 0.0976. The molecule has 0 saturated carbocycles. The molecule has 0 amide bonds. The third-order valence-electron chi connectivity index (χ3n) is 3.65. The van der Waals surface area contributed by atoms with E-state index in [2.05, 4.69) is 15.3 Å². The largest absolute Gasteiger partial charge is 0.382 e. The Morgan fingerprint density at radius 2 is 1.62 bits per heavy atom. The van der Waals surface area contributed by atoms with Crippen LogP contribution in [0.25, 0.3) is 11.0 Å². The van der Waals surface area contributed by atoms with Gasteiger partial charge in [-0.3, -0.25) is 9.59 Å². The molecule has 0 atom stereocenters. The molecule has 8 heteroatoms. The Kier molecular flexibility index (Phi) is 3.32. The average molecular weight is 309 g/mol. The van der Waals surface area contributed by atoms with Gasteiger partial charge in [-0.15, -0.1) is 0 Å². The van der Waals surface area contributed by atoms with Crippen molar-refractivity contribution in [3.63, 3.8) is 0 Å². The number of hydrogen-bond acceptors (Lipinski definition) is 5. The normalized spacial score (nSPS) is 18.7. The van der Waals surface area contributed by atoms with E-state index in [0.717, 1.165) is 5.69 Å². The van der Waals surface area contributed by atoms with E-state index in [1.54, 1.807) is 18.2 Å². The van der Waals surface area contributed by atoms with E-state index in [1.807, 2.05) is 0 Å². The highest BCUT2D eigenvalue weighted by molar-refractivity contribution is 7.91. The molecule has 1 saturated heterocycles. The molecule has 1 aliphatic heterocycles. The topological polar surface area (TPSA) is 112 Å². The van der Waals surface area contributed by atoms with Crippen LogP contribution >= 0.6 is 0 Å². The number of rotatable bonds is 2. The summed E-state index contributed by atoms with van der Waals surface area (Å²) in [5.41, 5.74) is 0.503. The van der Waals surface area contributed by atoms with Crippen LogP contribution in [0, 0.1) is 0 Å². The number of anilines is 1. The van der Waals surface area contributed by atoms with Gasteiger partial charge < -0.3 is 15.3 Å². The number of benzene rings is 1. The van der Waals surface area contributed by atoms with Gasteiger partial charge in [-0.25, -0.2) is 8.42 Å². The van der Waals surface area contributed by atoms with Gasteiger partial charge in [0.25, 0.3) is 0 Å². The molecule has 0 aliphatic carbocycles. The Morgan fingerprint density at radius 3 is 2.29 bits per heavy atom. The molecule has 1 aliphatic rings. The fourth-order valence-corrected chi connectivity index (χ4v) is 3.97. The zero-order valence-corrected chi connectivity index (χ0v) is 12.0. The number of aromatic amines is 2. The van der Waals surface area contributed by atoms with Gasteiger partial charge in [-0.05, 0) is 31.0 Å². The van der Waals surface area contributed by atoms with Gasteiger partial charge in [0.1, 0.15) is 9.84 Å². The monoisotopic (exact) mass is 309 g/mol. The first-order chi connectivity index (χ1) is 9.93. The molecule has 0 unspecified atom stereocenters. The lowest BCUT2D eigenvalue weighted by molar-refractivity contribution is 0.559. The summed E-state index contributed by atoms with van der Waals surface area (Å²) in [6.45, 7) is 0. The van der Waals surface area contributed by atoms with Gasteiger partial charge >= 0.3 is 11.1 Å². The number of nitrogens with one attached hydrogen (secondary N) is 3. The first kappa shape index (κ1) is 13.9. The first-order valence-corrected chi connectivity index (χ1v) is 8.48. The van der Waals surface area contributed by atoms with Crippen molar-refractivity contribution < 1.29 is 8.42 Å². The fraction of sp³-hybridized carbons (Fsp3) is 0.385. The van der Waals surface area contributed by atoms with Crippen LogP contribution in [0.3, 0.4) is 0 Å². The maximum absolute atomic E-state index is 11.4. The molecule has 0 bridgehead atoms. The summed E-state index contributed by atoms with van der Waals surface area (Å²) >= 11 is 0. The minimum atomic E-state index is -2.88. The van der Waals surface area contributed by atoms with Gasteiger partial charge in [0, 0.05) is 11.7 Å². The third kappa shape index (κ3) is 2.99. The lowest BCUT2D eigenvalue weighted by Gasteiger charge is -2.24. The zero-order valence-electron chi connectivity index (χ0n) is 11.2. The van der Waals surface area contributed by atoms with Crippen LogP contribution in [0.5, 0.6) is 0 Å². The molecule has 0 spiro atoms. The summed E-state index contributed by atoms with van der Waals surface area (Å²) < 4.78 is 22.8. The number of aromatic nitrogens is 2. The van der Waals surface area contributed by atoms with Gasteiger partial charge in [0.15, 0.2) is 0 Å². The SMILES string of the molecule is O=c1[nH]c2ccc(NC3CCS(=O)(=O)CC3)cc2[nH]c1=O.